The Morgan fingerprint density at radius 1 is 1.05 bits per heavy atom. The first-order chi connectivity index (χ1) is 9.46. The summed E-state index contributed by atoms with van der Waals surface area (Å²) in [6.07, 6.45) is 0. The van der Waals surface area contributed by atoms with Crippen molar-refractivity contribution in [1.82, 2.24) is 10.2 Å². The lowest BCUT2D eigenvalue weighted by atomic mass is 10.1. The summed E-state index contributed by atoms with van der Waals surface area (Å²) in [6, 6.07) is 11.3. The molecule has 1 N–H and O–H groups in total. The van der Waals surface area contributed by atoms with Crippen LogP contribution in [-0.2, 0) is 0 Å². The highest BCUT2D eigenvalue weighted by molar-refractivity contribution is 5.46. The molecule has 20 heavy (non-hydrogen) atoms. The van der Waals surface area contributed by atoms with Crippen LogP contribution in [0.3, 0.4) is 0 Å². The first-order valence-corrected chi connectivity index (χ1v) is 7.75. The summed E-state index contributed by atoms with van der Waals surface area (Å²) >= 11 is 0. The minimum absolute atomic E-state index is 0.208. The Labute approximate surface area is 124 Å². The monoisotopic (exact) mass is 275 g/mol. The largest absolute Gasteiger partial charge is 0.369 e. The maximum Gasteiger partial charge on any atom is 0.0367 e. The average Bonchev–Trinajstić information content (AvgIpc) is 2.45. The van der Waals surface area contributed by atoms with Crippen LogP contribution in [0.25, 0.3) is 0 Å². The van der Waals surface area contributed by atoms with Crippen molar-refractivity contribution in [3.05, 3.63) is 30.3 Å². The quantitative estimate of drug-likeness (QED) is 0.911. The highest BCUT2D eigenvalue weighted by Crippen LogP contribution is 2.16. The average molecular weight is 275 g/mol. The van der Waals surface area contributed by atoms with Crippen molar-refractivity contribution in [2.24, 2.45) is 0 Å². The van der Waals surface area contributed by atoms with Gasteiger partial charge in [0.15, 0.2) is 0 Å². The molecule has 1 fully saturated rings. The smallest absolute Gasteiger partial charge is 0.0367 e. The molecule has 1 aliphatic heterocycles. The van der Waals surface area contributed by atoms with Gasteiger partial charge < -0.3 is 10.2 Å². The van der Waals surface area contributed by atoms with Crippen LogP contribution in [0.2, 0.25) is 0 Å². The van der Waals surface area contributed by atoms with Crippen molar-refractivity contribution in [3.63, 3.8) is 0 Å². The van der Waals surface area contributed by atoms with E-state index in [1.54, 1.807) is 0 Å². The zero-order chi connectivity index (χ0) is 14.6. The van der Waals surface area contributed by atoms with Gasteiger partial charge in [0.05, 0.1) is 0 Å². The molecule has 2 rings (SSSR count). The van der Waals surface area contributed by atoms with Crippen LogP contribution in [0.4, 0.5) is 5.69 Å². The second-order valence-electron chi connectivity index (χ2n) is 6.84. The maximum absolute atomic E-state index is 3.61. The third-order valence-corrected chi connectivity index (χ3v) is 3.99. The van der Waals surface area contributed by atoms with Crippen molar-refractivity contribution in [2.45, 2.75) is 39.3 Å². The van der Waals surface area contributed by atoms with Gasteiger partial charge in [0.2, 0.25) is 0 Å². The molecule has 1 unspecified atom stereocenters. The van der Waals surface area contributed by atoms with E-state index in [2.05, 4.69) is 73.1 Å². The van der Waals surface area contributed by atoms with Crippen LogP contribution < -0.4 is 10.2 Å². The molecule has 1 atom stereocenters. The number of rotatable bonds is 4. The molecule has 3 nitrogen and oxygen atoms in total. The number of hydrogen-bond donors (Lipinski definition) is 1. The standard InChI is InChI=1S/C17H29N3/c1-15(14-18-17(2,3)4)19-10-12-20(13-11-19)16-8-6-5-7-9-16/h5-9,15,18H,10-14H2,1-4H3. The summed E-state index contributed by atoms with van der Waals surface area (Å²) in [5, 5.41) is 3.61. The molecule has 1 aromatic rings. The Bertz CT molecular complexity index is 388. The third-order valence-electron chi connectivity index (χ3n) is 3.99. The van der Waals surface area contributed by atoms with Gasteiger partial charge in [-0.05, 0) is 39.8 Å². The van der Waals surface area contributed by atoms with Crippen molar-refractivity contribution in [2.75, 3.05) is 37.6 Å². The lowest BCUT2D eigenvalue weighted by Gasteiger charge is -2.40. The minimum Gasteiger partial charge on any atom is -0.369 e. The zero-order valence-electron chi connectivity index (χ0n) is 13.4. The van der Waals surface area contributed by atoms with E-state index in [-0.39, 0.29) is 5.54 Å². The van der Waals surface area contributed by atoms with E-state index in [4.69, 9.17) is 0 Å². The van der Waals surface area contributed by atoms with Crippen LogP contribution >= 0.6 is 0 Å². The number of benzene rings is 1. The molecule has 0 aromatic heterocycles. The molecule has 0 aliphatic carbocycles. The molecule has 1 aromatic carbocycles. The van der Waals surface area contributed by atoms with Crippen LogP contribution in [0.1, 0.15) is 27.7 Å². The fourth-order valence-corrected chi connectivity index (χ4v) is 2.64. The van der Waals surface area contributed by atoms with E-state index in [1.807, 2.05) is 0 Å². The molecule has 112 valence electrons. The predicted octanol–water partition coefficient (Wildman–Crippen LogP) is 2.59. The van der Waals surface area contributed by atoms with Crippen molar-refractivity contribution < 1.29 is 0 Å². The molecular weight excluding hydrogens is 246 g/mol. The number of nitrogens with one attached hydrogen (secondary N) is 1. The normalized spacial score (nSPS) is 19.1. The van der Waals surface area contributed by atoms with Gasteiger partial charge in [-0.1, -0.05) is 18.2 Å². The summed E-state index contributed by atoms with van der Waals surface area (Å²) in [5.74, 6) is 0. The lowest BCUT2D eigenvalue weighted by molar-refractivity contribution is 0.184. The van der Waals surface area contributed by atoms with Crippen LogP contribution in [0.15, 0.2) is 30.3 Å². The molecule has 0 spiro atoms. The first-order valence-electron chi connectivity index (χ1n) is 7.75. The second kappa shape index (κ2) is 6.59. The highest BCUT2D eigenvalue weighted by atomic mass is 15.3. The molecule has 0 radical (unpaired) electrons. The van der Waals surface area contributed by atoms with E-state index in [9.17, 15) is 0 Å². The first kappa shape index (κ1) is 15.3. The van der Waals surface area contributed by atoms with E-state index in [0.717, 1.165) is 32.7 Å². The molecule has 0 amide bonds. The minimum atomic E-state index is 0.208. The molecule has 1 saturated heterocycles. The Balaban J connectivity index is 1.79. The van der Waals surface area contributed by atoms with Gasteiger partial charge in [-0.2, -0.15) is 0 Å². The number of anilines is 1. The summed E-state index contributed by atoms with van der Waals surface area (Å²) in [4.78, 5) is 5.08. The Kier molecular flexibility index (Phi) is 5.06. The van der Waals surface area contributed by atoms with Gasteiger partial charge in [0.25, 0.3) is 0 Å². The van der Waals surface area contributed by atoms with E-state index in [0.29, 0.717) is 6.04 Å². The highest BCUT2D eigenvalue weighted by Gasteiger charge is 2.22. The van der Waals surface area contributed by atoms with E-state index < -0.39 is 0 Å². The Morgan fingerprint density at radius 2 is 1.65 bits per heavy atom. The van der Waals surface area contributed by atoms with Gasteiger partial charge in [-0.25, -0.2) is 0 Å². The number of para-hydroxylation sites is 1. The fraction of sp³-hybridized carbons (Fsp3) is 0.647. The summed E-state index contributed by atoms with van der Waals surface area (Å²) in [5.41, 5.74) is 1.56. The summed E-state index contributed by atoms with van der Waals surface area (Å²) < 4.78 is 0. The number of nitrogens with zero attached hydrogens (tertiary/aromatic N) is 2. The molecule has 0 bridgehead atoms. The van der Waals surface area contributed by atoms with Crippen molar-refractivity contribution in [1.29, 1.82) is 0 Å². The Morgan fingerprint density at radius 3 is 2.20 bits per heavy atom. The van der Waals surface area contributed by atoms with Crippen LogP contribution in [-0.4, -0.2) is 49.2 Å². The molecule has 3 heteroatoms. The van der Waals surface area contributed by atoms with E-state index in [1.165, 1.54) is 5.69 Å². The lowest BCUT2D eigenvalue weighted by Crippen LogP contribution is -2.53. The molecule has 1 aliphatic rings. The molecule has 1 heterocycles. The summed E-state index contributed by atoms with van der Waals surface area (Å²) in [6.45, 7) is 14.6. The summed E-state index contributed by atoms with van der Waals surface area (Å²) in [7, 11) is 0. The van der Waals surface area contributed by atoms with Gasteiger partial charge in [-0.3, -0.25) is 4.90 Å². The zero-order valence-corrected chi connectivity index (χ0v) is 13.4. The van der Waals surface area contributed by atoms with Gasteiger partial charge in [-0.15, -0.1) is 0 Å². The second-order valence-corrected chi connectivity index (χ2v) is 6.84. The third kappa shape index (κ3) is 4.50. The topological polar surface area (TPSA) is 18.5 Å². The molecular formula is C17H29N3. The van der Waals surface area contributed by atoms with Crippen LogP contribution in [0.5, 0.6) is 0 Å². The van der Waals surface area contributed by atoms with Gasteiger partial charge >= 0.3 is 0 Å². The van der Waals surface area contributed by atoms with Gasteiger partial charge in [0, 0.05) is 50.0 Å². The number of hydrogen-bond acceptors (Lipinski definition) is 3. The van der Waals surface area contributed by atoms with Gasteiger partial charge in [0.1, 0.15) is 0 Å². The maximum atomic E-state index is 3.61. The SMILES string of the molecule is CC(CNC(C)(C)C)N1CCN(c2ccccc2)CC1. The van der Waals surface area contributed by atoms with Crippen LogP contribution in [0, 0.1) is 0 Å². The Hall–Kier alpha value is -1.06. The van der Waals surface area contributed by atoms with Crippen molar-refractivity contribution >= 4 is 5.69 Å². The van der Waals surface area contributed by atoms with E-state index >= 15 is 0 Å². The van der Waals surface area contributed by atoms with Crippen molar-refractivity contribution in [3.8, 4) is 0 Å². The fourth-order valence-electron chi connectivity index (χ4n) is 2.64. The molecule has 0 saturated carbocycles. The number of piperazine rings is 1. The predicted molar refractivity (Wildman–Crippen MR) is 87.4 cm³/mol.